The zero-order chi connectivity index (χ0) is 15.4. The van der Waals surface area contributed by atoms with Gasteiger partial charge >= 0.3 is 0 Å². The van der Waals surface area contributed by atoms with E-state index in [1.165, 1.54) is 12.1 Å². The molecule has 1 aromatic rings. The zero-order valence-corrected chi connectivity index (χ0v) is 13.2. The van der Waals surface area contributed by atoms with Crippen LogP contribution in [0.15, 0.2) is 24.3 Å². The van der Waals surface area contributed by atoms with Gasteiger partial charge < -0.3 is 9.80 Å². The molecule has 116 valence electrons. The first-order chi connectivity index (χ1) is 9.97. The number of benzene rings is 1. The lowest BCUT2D eigenvalue weighted by Crippen LogP contribution is -2.47. The minimum Gasteiger partial charge on any atom is -0.335 e. The van der Waals surface area contributed by atoms with Crippen molar-refractivity contribution in [3.63, 3.8) is 0 Å². The highest BCUT2D eigenvalue weighted by atomic mass is 19.1. The second kappa shape index (κ2) is 7.03. The van der Waals surface area contributed by atoms with Crippen LogP contribution in [0.25, 0.3) is 0 Å². The van der Waals surface area contributed by atoms with Crippen LogP contribution in [-0.2, 0) is 0 Å². The van der Waals surface area contributed by atoms with Crippen LogP contribution >= 0.6 is 0 Å². The number of carbonyl (C=O) groups is 1. The van der Waals surface area contributed by atoms with Gasteiger partial charge in [-0.25, -0.2) is 4.39 Å². The Bertz CT molecular complexity index is 481. The van der Waals surface area contributed by atoms with Crippen molar-refractivity contribution in [1.82, 2.24) is 9.80 Å². The van der Waals surface area contributed by atoms with Gasteiger partial charge in [0.25, 0.3) is 5.91 Å². The van der Waals surface area contributed by atoms with Gasteiger partial charge in [-0.3, -0.25) is 4.79 Å². The first kappa shape index (κ1) is 16.0. The van der Waals surface area contributed by atoms with E-state index >= 15 is 0 Å². The van der Waals surface area contributed by atoms with Gasteiger partial charge in [0, 0.05) is 18.2 Å². The molecule has 0 aliphatic carbocycles. The van der Waals surface area contributed by atoms with E-state index < -0.39 is 0 Å². The third-order valence-electron chi connectivity index (χ3n) is 4.02. The van der Waals surface area contributed by atoms with Gasteiger partial charge in [0.1, 0.15) is 5.82 Å². The molecule has 4 heteroatoms. The standard InChI is InChI=1S/C17H25FN2O/c1-13(2)12-20(16-7-9-19(3)10-8-16)17(21)14-5-4-6-15(18)11-14/h4-6,11,13,16H,7-10,12H2,1-3H3. The predicted molar refractivity (Wildman–Crippen MR) is 82.8 cm³/mol. The Labute approximate surface area is 126 Å². The van der Waals surface area contributed by atoms with E-state index in [0.29, 0.717) is 11.5 Å². The molecule has 0 bridgehead atoms. The Morgan fingerprint density at radius 2 is 2.05 bits per heavy atom. The zero-order valence-electron chi connectivity index (χ0n) is 13.2. The second-order valence-corrected chi connectivity index (χ2v) is 6.40. The molecule has 0 saturated carbocycles. The maximum Gasteiger partial charge on any atom is 0.254 e. The minimum atomic E-state index is -0.353. The fraction of sp³-hybridized carbons (Fsp3) is 0.588. The van der Waals surface area contributed by atoms with Gasteiger partial charge in [-0.15, -0.1) is 0 Å². The number of halogens is 1. The first-order valence-electron chi connectivity index (χ1n) is 7.72. The SMILES string of the molecule is CC(C)CN(C(=O)c1cccc(F)c1)C1CCN(C)CC1. The molecule has 2 rings (SSSR count). The van der Waals surface area contributed by atoms with Crippen molar-refractivity contribution in [2.24, 2.45) is 5.92 Å². The van der Waals surface area contributed by atoms with Crippen LogP contribution in [-0.4, -0.2) is 48.4 Å². The van der Waals surface area contributed by atoms with Crippen LogP contribution < -0.4 is 0 Å². The molecule has 1 aliphatic heterocycles. The first-order valence-corrected chi connectivity index (χ1v) is 7.72. The number of piperidine rings is 1. The van der Waals surface area contributed by atoms with Crippen molar-refractivity contribution >= 4 is 5.91 Å². The minimum absolute atomic E-state index is 0.0437. The van der Waals surface area contributed by atoms with E-state index in [1.807, 2.05) is 4.90 Å². The molecule has 0 radical (unpaired) electrons. The molecule has 1 saturated heterocycles. The quantitative estimate of drug-likeness (QED) is 0.851. The molecule has 1 amide bonds. The maximum absolute atomic E-state index is 13.4. The molecule has 0 unspecified atom stereocenters. The molecule has 21 heavy (non-hydrogen) atoms. The molecular weight excluding hydrogens is 267 g/mol. The number of hydrogen-bond donors (Lipinski definition) is 0. The van der Waals surface area contributed by atoms with Crippen molar-refractivity contribution in [3.8, 4) is 0 Å². The van der Waals surface area contributed by atoms with E-state index in [4.69, 9.17) is 0 Å². The van der Waals surface area contributed by atoms with E-state index in [1.54, 1.807) is 12.1 Å². The normalized spacial score (nSPS) is 17.2. The lowest BCUT2D eigenvalue weighted by atomic mass is 10.0. The Morgan fingerprint density at radius 3 is 2.62 bits per heavy atom. The maximum atomic E-state index is 13.4. The smallest absolute Gasteiger partial charge is 0.254 e. The predicted octanol–water partition coefficient (Wildman–Crippen LogP) is 3.02. The number of carbonyl (C=O) groups excluding carboxylic acids is 1. The lowest BCUT2D eigenvalue weighted by Gasteiger charge is -2.38. The lowest BCUT2D eigenvalue weighted by molar-refractivity contribution is 0.0559. The molecule has 1 heterocycles. The van der Waals surface area contributed by atoms with E-state index in [-0.39, 0.29) is 17.8 Å². The van der Waals surface area contributed by atoms with E-state index in [0.717, 1.165) is 32.5 Å². The van der Waals surface area contributed by atoms with Crippen molar-refractivity contribution in [2.45, 2.75) is 32.7 Å². The molecule has 0 atom stereocenters. The Balaban J connectivity index is 2.17. The van der Waals surface area contributed by atoms with Crippen molar-refractivity contribution < 1.29 is 9.18 Å². The van der Waals surface area contributed by atoms with Crippen molar-refractivity contribution in [2.75, 3.05) is 26.7 Å². The number of likely N-dealkylation sites (tertiary alicyclic amines) is 1. The molecule has 0 N–H and O–H groups in total. The molecular formula is C17H25FN2O. The molecule has 0 aromatic heterocycles. The summed E-state index contributed by atoms with van der Waals surface area (Å²) in [6.45, 7) is 6.97. The summed E-state index contributed by atoms with van der Waals surface area (Å²) in [6.07, 6.45) is 1.98. The van der Waals surface area contributed by atoms with Crippen molar-refractivity contribution in [1.29, 1.82) is 0 Å². The van der Waals surface area contributed by atoms with E-state index in [9.17, 15) is 9.18 Å². The highest BCUT2D eigenvalue weighted by Crippen LogP contribution is 2.20. The second-order valence-electron chi connectivity index (χ2n) is 6.40. The monoisotopic (exact) mass is 292 g/mol. The summed E-state index contributed by atoms with van der Waals surface area (Å²) in [6, 6.07) is 6.28. The summed E-state index contributed by atoms with van der Waals surface area (Å²) in [5.41, 5.74) is 0.453. The number of nitrogens with zero attached hydrogens (tertiary/aromatic N) is 2. The molecule has 3 nitrogen and oxygen atoms in total. The van der Waals surface area contributed by atoms with Gasteiger partial charge in [0.15, 0.2) is 0 Å². The Kier molecular flexibility index (Phi) is 5.34. The van der Waals surface area contributed by atoms with Gasteiger partial charge in [-0.2, -0.15) is 0 Å². The number of amides is 1. The Hall–Kier alpha value is -1.42. The molecule has 1 aliphatic rings. The third-order valence-corrected chi connectivity index (χ3v) is 4.02. The molecule has 0 spiro atoms. The van der Waals surface area contributed by atoms with Gasteiger partial charge in [0.2, 0.25) is 0 Å². The van der Waals surface area contributed by atoms with Crippen molar-refractivity contribution in [3.05, 3.63) is 35.6 Å². The summed E-state index contributed by atoms with van der Waals surface area (Å²) in [5, 5.41) is 0. The van der Waals surface area contributed by atoms with Crippen LogP contribution in [0.1, 0.15) is 37.0 Å². The highest BCUT2D eigenvalue weighted by molar-refractivity contribution is 5.94. The topological polar surface area (TPSA) is 23.6 Å². The summed E-state index contributed by atoms with van der Waals surface area (Å²) in [4.78, 5) is 17.0. The molecule has 1 aromatic carbocycles. The molecule has 1 fully saturated rings. The average molecular weight is 292 g/mol. The highest BCUT2D eigenvalue weighted by Gasteiger charge is 2.28. The van der Waals surface area contributed by atoms with Gasteiger partial charge in [-0.1, -0.05) is 19.9 Å². The fourth-order valence-electron chi connectivity index (χ4n) is 2.89. The summed E-state index contributed by atoms with van der Waals surface area (Å²) >= 11 is 0. The van der Waals surface area contributed by atoms with Gasteiger partial charge in [0.05, 0.1) is 0 Å². The fourth-order valence-corrected chi connectivity index (χ4v) is 2.89. The van der Waals surface area contributed by atoms with Crippen LogP contribution in [0.3, 0.4) is 0 Å². The summed E-state index contributed by atoms with van der Waals surface area (Å²) < 4.78 is 13.4. The average Bonchev–Trinajstić information content (AvgIpc) is 2.45. The number of hydrogen-bond acceptors (Lipinski definition) is 2. The van der Waals surface area contributed by atoms with E-state index in [2.05, 4.69) is 25.8 Å². The third kappa shape index (κ3) is 4.27. The van der Waals surface area contributed by atoms with Crippen LogP contribution in [0, 0.1) is 11.7 Å². The largest absolute Gasteiger partial charge is 0.335 e. The summed E-state index contributed by atoms with van der Waals surface area (Å²) in [7, 11) is 2.11. The van der Waals surface area contributed by atoms with Gasteiger partial charge in [-0.05, 0) is 57.1 Å². The van der Waals surface area contributed by atoms with Crippen LogP contribution in [0.2, 0.25) is 0 Å². The number of rotatable bonds is 4. The Morgan fingerprint density at radius 1 is 1.38 bits per heavy atom. The van der Waals surface area contributed by atoms with Crippen LogP contribution in [0.4, 0.5) is 4.39 Å². The van der Waals surface area contributed by atoms with Crippen LogP contribution in [0.5, 0.6) is 0 Å². The summed E-state index contributed by atoms with van der Waals surface area (Å²) in [5.74, 6) is 0.00800.